The van der Waals surface area contributed by atoms with Crippen LogP contribution in [0.15, 0.2) is 11.8 Å². The SMILES string of the molecule is CCC(C)NC(=O)N/C=C(\C)C(C)C. The minimum atomic E-state index is -0.126. The fourth-order valence-corrected chi connectivity index (χ4v) is 0.714. The molecule has 0 aliphatic rings. The number of nitrogens with one attached hydrogen (secondary N) is 2. The van der Waals surface area contributed by atoms with Crippen molar-refractivity contribution in [2.75, 3.05) is 0 Å². The molecule has 0 saturated heterocycles. The fraction of sp³-hybridized carbons (Fsp3) is 0.727. The van der Waals surface area contributed by atoms with Crippen LogP contribution in [0.25, 0.3) is 0 Å². The number of hydrogen-bond acceptors (Lipinski definition) is 1. The Morgan fingerprint density at radius 2 is 1.93 bits per heavy atom. The topological polar surface area (TPSA) is 41.1 Å². The van der Waals surface area contributed by atoms with E-state index in [1.807, 2.05) is 20.8 Å². The molecule has 0 aromatic heterocycles. The summed E-state index contributed by atoms with van der Waals surface area (Å²) >= 11 is 0. The van der Waals surface area contributed by atoms with E-state index < -0.39 is 0 Å². The van der Waals surface area contributed by atoms with Crippen molar-refractivity contribution in [1.82, 2.24) is 10.6 Å². The molecular formula is C11H22N2O. The van der Waals surface area contributed by atoms with E-state index in [9.17, 15) is 4.79 Å². The molecule has 3 heteroatoms. The number of allylic oxidation sites excluding steroid dienone is 1. The Morgan fingerprint density at radius 3 is 2.36 bits per heavy atom. The maximum Gasteiger partial charge on any atom is 0.318 e. The molecule has 14 heavy (non-hydrogen) atoms. The van der Waals surface area contributed by atoms with Crippen molar-refractivity contribution >= 4 is 6.03 Å². The molecule has 1 unspecified atom stereocenters. The number of hydrogen-bond donors (Lipinski definition) is 2. The van der Waals surface area contributed by atoms with Gasteiger partial charge < -0.3 is 10.6 Å². The van der Waals surface area contributed by atoms with Crippen molar-refractivity contribution in [2.24, 2.45) is 5.92 Å². The second-order valence-corrected chi connectivity index (χ2v) is 3.97. The van der Waals surface area contributed by atoms with Crippen molar-refractivity contribution in [3.05, 3.63) is 11.8 Å². The van der Waals surface area contributed by atoms with Gasteiger partial charge in [0.25, 0.3) is 0 Å². The number of urea groups is 1. The first kappa shape index (κ1) is 13.0. The summed E-state index contributed by atoms with van der Waals surface area (Å²) in [6.07, 6.45) is 2.71. The van der Waals surface area contributed by atoms with Gasteiger partial charge in [-0.15, -0.1) is 0 Å². The lowest BCUT2D eigenvalue weighted by Crippen LogP contribution is -2.38. The molecule has 0 aromatic carbocycles. The normalized spacial score (nSPS) is 14.0. The highest BCUT2D eigenvalue weighted by Crippen LogP contribution is 2.05. The third-order valence-corrected chi connectivity index (χ3v) is 2.33. The van der Waals surface area contributed by atoms with Gasteiger partial charge in [0, 0.05) is 12.2 Å². The van der Waals surface area contributed by atoms with Crippen LogP contribution in [-0.4, -0.2) is 12.1 Å². The van der Waals surface area contributed by atoms with Crippen molar-refractivity contribution in [2.45, 2.75) is 47.1 Å². The molecule has 0 aliphatic heterocycles. The molecule has 2 N–H and O–H groups in total. The Morgan fingerprint density at radius 1 is 1.36 bits per heavy atom. The van der Waals surface area contributed by atoms with Crippen LogP contribution in [0.3, 0.4) is 0 Å². The molecule has 0 fully saturated rings. The number of carbonyl (C=O) groups excluding carboxylic acids is 1. The van der Waals surface area contributed by atoms with Crippen molar-refractivity contribution < 1.29 is 4.79 Å². The summed E-state index contributed by atoms with van der Waals surface area (Å²) < 4.78 is 0. The molecule has 2 amide bonds. The lowest BCUT2D eigenvalue weighted by Gasteiger charge is -2.11. The molecule has 0 aromatic rings. The first-order valence-corrected chi connectivity index (χ1v) is 5.21. The first-order chi connectivity index (χ1) is 6.47. The Balaban J connectivity index is 3.90. The van der Waals surface area contributed by atoms with E-state index >= 15 is 0 Å². The molecule has 0 bridgehead atoms. The summed E-state index contributed by atoms with van der Waals surface area (Å²) in [5.41, 5.74) is 1.17. The van der Waals surface area contributed by atoms with E-state index in [2.05, 4.69) is 24.5 Å². The lowest BCUT2D eigenvalue weighted by atomic mass is 10.1. The van der Waals surface area contributed by atoms with Crippen LogP contribution < -0.4 is 10.6 Å². The minimum absolute atomic E-state index is 0.126. The van der Waals surface area contributed by atoms with Crippen LogP contribution in [0.2, 0.25) is 0 Å². The van der Waals surface area contributed by atoms with E-state index in [-0.39, 0.29) is 12.1 Å². The maximum atomic E-state index is 11.3. The number of amides is 2. The van der Waals surface area contributed by atoms with Gasteiger partial charge in [0.05, 0.1) is 0 Å². The average Bonchev–Trinajstić information content (AvgIpc) is 2.13. The third-order valence-electron chi connectivity index (χ3n) is 2.33. The maximum absolute atomic E-state index is 11.3. The molecule has 0 rings (SSSR count). The fourth-order valence-electron chi connectivity index (χ4n) is 0.714. The van der Waals surface area contributed by atoms with Crippen LogP contribution in [0, 0.1) is 5.92 Å². The molecule has 0 spiro atoms. The van der Waals surface area contributed by atoms with Gasteiger partial charge in [-0.05, 0) is 26.2 Å². The third kappa shape index (κ3) is 5.62. The predicted molar refractivity (Wildman–Crippen MR) is 60.0 cm³/mol. The number of carbonyl (C=O) groups is 1. The van der Waals surface area contributed by atoms with Gasteiger partial charge >= 0.3 is 6.03 Å². The lowest BCUT2D eigenvalue weighted by molar-refractivity contribution is 0.240. The molecule has 0 aliphatic carbocycles. The highest BCUT2D eigenvalue weighted by Gasteiger charge is 2.03. The highest BCUT2D eigenvalue weighted by molar-refractivity contribution is 5.75. The van der Waals surface area contributed by atoms with Crippen molar-refractivity contribution in [1.29, 1.82) is 0 Å². The Labute approximate surface area is 87.0 Å². The van der Waals surface area contributed by atoms with E-state index in [4.69, 9.17) is 0 Å². The average molecular weight is 198 g/mol. The summed E-state index contributed by atoms with van der Waals surface area (Å²) in [5, 5.41) is 5.55. The molecule has 1 atom stereocenters. The molecule has 82 valence electrons. The van der Waals surface area contributed by atoms with E-state index in [1.54, 1.807) is 6.20 Å². The van der Waals surface area contributed by atoms with Crippen molar-refractivity contribution in [3.63, 3.8) is 0 Å². The first-order valence-electron chi connectivity index (χ1n) is 5.21. The van der Waals surface area contributed by atoms with Gasteiger partial charge in [-0.3, -0.25) is 0 Å². The van der Waals surface area contributed by atoms with Gasteiger partial charge in [-0.2, -0.15) is 0 Å². The quantitative estimate of drug-likeness (QED) is 0.716. The summed E-state index contributed by atoms with van der Waals surface area (Å²) in [6, 6.07) is 0.0992. The van der Waals surface area contributed by atoms with Gasteiger partial charge in [0.2, 0.25) is 0 Å². The smallest absolute Gasteiger partial charge is 0.318 e. The standard InChI is InChI=1S/C11H22N2O/c1-6-10(5)13-11(14)12-7-9(4)8(2)3/h7-8,10H,6H2,1-5H3,(H2,12,13,14)/b9-7+. The van der Waals surface area contributed by atoms with E-state index in [1.165, 1.54) is 5.57 Å². The summed E-state index contributed by atoms with van der Waals surface area (Å²) in [7, 11) is 0. The number of rotatable bonds is 4. The van der Waals surface area contributed by atoms with E-state index in [0.717, 1.165) is 6.42 Å². The monoisotopic (exact) mass is 198 g/mol. The Hall–Kier alpha value is -0.990. The van der Waals surface area contributed by atoms with Crippen LogP contribution in [0.5, 0.6) is 0 Å². The van der Waals surface area contributed by atoms with Crippen LogP contribution in [-0.2, 0) is 0 Å². The van der Waals surface area contributed by atoms with Gasteiger partial charge in [0.15, 0.2) is 0 Å². The second kappa shape index (κ2) is 6.46. The minimum Gasteiger partial charge on any atom is -0.335 e. The van der Waals surface area contributed by atoms with Gasteiger partial charge in [-0.25, -0.2) is 4.79 Å². The molecule has 0 radical (unpaired) electrons. The van der Waals surface area contributed by atoms with Gasteiger partial charge in [-0.1, -0.05) is 26.3 Å². The summed E-state index contributed by atoms with van der Waals surface area (Å²) in [6.45, 7) is 10.2. The van der Waals surface area contributed by atoms with Crippen LogP contribution in [0.1, 0.15) is 41.0 Å². The van der Waals surface area contributed by atoms with Crippen LogP contribution in [0.4, 0.5) is 4.79 Å². The Kier molecular flexibility index (Phi) is 6.00. The zero-order valence-corrected chi connectivity index (χ0v) is 9.85. The zero-order valence-electron chi connectivity index (χ0n) is 9.85. The zero-order chi connectivity index (χ0) is 11.1. The second-order valence-electron chi connectivity index (χ2n) is 3.97. The van der Waals surface area contributed by atoms with Crippen molar-refractivity contribution in [3.8, 4) is 0 Å². The van der Waals surface area contributed by atoms with E-state index in [0.29, 0.717) is 5.92 Å². The molecular weight excluding hydrogens is 176 g/mol. The largest absolute Gasteiger partial charge is 0.335 e. The predicted octanol–water partition coefficient (Wildman–Crippen LogP) is 2.64. The highest BCUT2D eigenvalue weighted by atomic mass is 16.2. The van der Waals surface area contributed by atoms with Gasteiger partial charge in [0.1, 0.15) is 0 Å². The molecule has 3 nitrogen and oxygen atoms in total. The Bertz CT molecular complexity index is 209. The summed E-state index contributed by atoms with van der Waals surface area (Å²) in [5.74, 6) is 0.471. The molecule has 0 saturated carbocycles. The summed E-state index contributed by atoms with van der Waals surface area (Å²) in [4.78, 5) is 11.3. The van der Waals surface area contributed by atoms with Crippen LogP contribution >= 0.6 is 0 Å². The molecule has 0 heterocycles.